The molecule has 0 saturated carbocycles. The molecule has 0 unspecified atom stereocenters. The maximum absolute atomic E-state index is 12.7. The van der Waals surface area contributed by atoms with Gasteiger partial charge in [-0.3, -0.25) is 9.79 Å². The fraction of sp³-hybridized carbons (Fsp3) is 0.333. The first-order chi connectivity index (χ1) is 11.9. The SMILES string of the molecule is COc1ccc2c(c1)C(CC(=O)c1ccc(CO)cc1)=NC(C)(C)C2. The molecule has 0 bridgehead atoms. The Morgan fingerprint density at radius 3 is 2.56 bits per heavy atom. The minimum atomic E-state index is -0.224. The molecule has 0 amide bonds. The maximum Gasteiger partial charge on any atom is 0.168 e. The second-order valence-corrected chi connectivity index (χ2v) is 7.03. The van der Waals surface area contributed by atoms with E-state index in [2.05, 4.69) is 19.9 Å². The van der Waals surface area contributed by atoms with Gasteiger partial charge in [0.1, 0.15) is 5.75 Å². The molecule has 3 rings (SSSR count). The Kier molecular flexibility index (Phi) is 4.73. The molecule has 0 fully saturated rings. The highest BCUT2D eigenvalue weighted by Gasteiger charge is 2.28. The summed E-state index contributed by atoms with van der Waals surface area (Å²) in [5.41, 5.74) is 4.20. The molecule has 2 aromatic carbocycles. The van der Waals surface area contributed by atoms with Gasteiger partial charge < -0.3 is 9.84 Å². The number of hydrogen-bond acceptors (Lipinski definition) is 4. The van der Waals surface area contributed by atoms with Crippen LogP contribution < -0.4 is 4.74 Å². The number of fused-ring (bicyclic) bond motifs is 1. The average molecular weight is 337 g/mol. The standard InChI is InChI=1S/C21H23NO3/c1-21(2)12-16-8-9-17(25-3)10-18(16)19(22-21)11-20(24)15-6-4-14(13-23)5-7-15/h4-10,23H,11-13H2,1-3H3. The van der Waals surface area contributed by atoms with Crippen molar-refractivity contribution in [1.29, 1.82) is 0 Å². The zero-order valence-corrected chi connectivity index (χ0v) is 14.9. The monoisotopic (exact) mass is 337 g/mol. The third-order valence-electron chi connectivity index (χ3n) is 4.48. The number of nitrogens with zero attached hydrogens (tertiary/aromatic N) is 1. The molecule has 1 N–H and O–H groups in total. The van der Waals surface area contributed by atoms with Crippen molar-refractivity contribution >= 4 is 11.5 Å². The summed E-state index contributed by atoms with van der Waals surface area (Å²) in [6.45, 7) is 4.14. The van der Waals surface area contributed by atoms with Gasteiger partial charge in [-0.1, -0.05) is 30.3 Å². The number of aliphatic imine (C=N–C) groups is 1. The number of Topliss-reactive ketones (excluding diaryl/α,β-unsaturated/α-hetero) is 1. The lowest BCUT2D eigenvalue weighted by atomic mass is 9.85. The van der Waals surface area contributed by atoms with Crippen LogP contribution in [0.4, 0.5) is 0 Å². The fourth-order valence-corrected chi connectivity index (χ4v) is 3.22. The van der Waals surface area contributed by atoms with E-state index in [1.54, 1.807) is 31.4 Å². The number of ether oxygens (including phenoxy) is 1. The molecule has 1 aliphatic rings. The van der Waals surface area contributed by atoms with E-state index in [1.165, 1.54) is 5.56 Å². The zero-order chi connectivity index (χ0) is 18.0. The smallest absolute Gasteiger partial charge is 0.168 e. The predicted molar refractivity (Wildman–Crippen MR) is 98.6 cm³/mol. The van der Waals surface area contributed by atoms with Crippen LogP contribution in [0, 0.1) is 0 Å². The van der Waals surface area contributed by atoms with E-state index in [0.717, 1.165) is 29.0 Å². The molecule has 0 saturated heterocycles. The molecule has 130 valence electrons. The molecule has 0 aromatic heterocycles. The third-order valence-corrected chi connectivity index (χ3v) is 4.48. The number of rotatable bonds is 5. The molecular weight excluding hydrogens is 314 g/mol. The van der Waals surface area contributed by atoms with Crippen LogP contribution in [-0.2, 0) is 13.0 Å². The van der Waals surface area contributed by atoms with Gasteiger partial charge in [0.25, 0.3) is 0 Å². The van der Waals surface area contributed by atoms with E-state index in [9.17, 15) is 4.79 Å². The van der Waals surface area contributed by atoms with Crippen LogP contribution in [0.3, 0.4) is 0 Å². The van der Waals surface area contributed by atoms with Crippen LogP contribution >= 0.6 is 0 Å². The van der Waals surface area contributed by atoms with Crippen LogP contribution in [0.1, 0.15) is 47.3 Å². The quantitative estimate of drug-likeness (QED) is 0.848. The van der Waals surface area contributed by atoms with Crippen molar-refractivity contribution < 1.29 is 14.6 Å². The first-order valence-electron chi connectivity index (χ1n) is 8.41. The van der Waals surface area contributed by atoms with Crippen molar-refractivity contribution in [1.82, 2.24) is 0 Å². The first-order valence-corrected chi connectivity index (χ1v) is 8.41. The van der Waals surface area contributed by atoms with Gasteiger partial charge in [0, 0.05) is 11.1 Å². The molecule has 1 aliphatic heterocycles. The van der Waals surface area contributed by atoms with Crippen LogP contribution in [0.5, 0.6) is 5.75 Å². The summed E-state index contributed by atoms with van der Waals surface area (Å²) in [5, 5.41) is 9.13. The van der Waals surface area contributed by atoms with E-state index >= 15 is 0 Å². The maximum atomic E-state index is 12.7. The van der Waals surface area contributed by atoms with Crippen LogP contribution in [0.2, 0.25) is 0 Å². The first kappa shape index (κ1) is 17.4. The molecular formula is C21H23NO3. The van der Waals surface area contributed by atoms with E-state index in [4.69, 9.17) is 14.8 Å². The summed E-state index contributed by atoms with van der Waals surface area (Å²) in [7, 11) is 1.64. The number of benzene rings is 2. The third kappa shape index (κ3) is 3.80. The van der Waals surface area contributed by atoms with E-state index in [1.807, 2.05) is 12.1 Å². The van der Waals surface area contributed by atoms with E-state index in [-0.39, 0.29) is 24.3 Å². The van der Waals surface area contributed by atoms with Gasteiger partial charge in [-0.25, -0.2) is 0 Å². The second-order valence-electron chi connectivity index (χ2n) is 7.03. The Balaban J connectivity index is 1.91. The number of hydrogen-bond donors (Lipinski definition) is 1. The molecule has 4 nitrogen and oxygen atoms in total. The molecule has 0 atom stereocenters. The van der Waals surface area contributed by atoms with Crippen LogP contribution in [-0.4, -0.2) is 29.3 Å². The van der Waals surface area contributed by atoms with Gasteiger partial charge in [0.05, 0.1) is 31.4 Å². The summed E-state index contributed by atoms with van der Waals surface area (Å²) in [6, 6.07) is 13.0. The summed E-state index contributed by atoms with van der Waals surface area (Å²) in [5.74, 6) is 0.792. The number of ketones is 1. The van der Waals surface area contributed by atoms with Crippen molar-refractivity contribution in [2.24, 2.45) is 4.99 Å². The highest BCUT2D eigenvalue weighted by Crippen LogP contribution is 2.31. The van der Waals surface area contributed by atoms with Gasteiger partial charge in [-0.15, -0.1) is 0 Å². The number of methoxy groups -OCH3 is 1. The summed E-state index contributed by atoms with van der Waals surface area (Å²) < 4.78 is 5.33. The highest BCUT2D eigenvalue weighted by atomic mass is 16.5. The zero-order valence-electron chi connectivity index (χ0n) is 14.9. The van der Waals surface area contributed by atoms with Crippen molar-refractivity contribution in [2.75, 3.05) is 7.11 Å². The molecule has 25 heavy (non-hydrogen) atoms. The number of aliphatic hydroxyl groups is 1. The Hall–Kier alpha value is -2.46. The molecule has 4 heteroatoms. The molecule has 0 aliphatic carbocycles. The molecule has 0 spiro atoms. The van der Waals surface area contributed by atoms with Gasteiger partial charge >= 0.3 is 0 Å². The number of aliphatic hydroxyl groups excluding tert-OH is 1. The van der Waals surface area contributed by atoms with Gasteiger partial charge in [0.2, 0.25) is 0 Å². The van der Waals surface area contributed by atoms with Crippen molar-refractivity contribution in [3.8, 4) is 5.75 Å². The Morgan fingerprint density at radius 1 is 1.20 bits per heavy atom. The van der Waals surface area contributed by atoms with E-state index in [0.29, 0.717) is 5.56 Å². The Morgan fingerprint density at radius 2 is 1.92 bits per heavy atom. The normalized spacial score (nSPS) is 15.3. The fourth-order valence-electron chi connectivity index (χ4n) is 3.22. The summed E-state index contributed by atoms with van der Waals surface area (Å²) >= 11 is 0. The topological polar surface area (TPSA) is 58.9 Å². The van der Waals surface area contributed by atoms with E-state index < -0.39 is 0 Å². The predicted octanol–water partition coefficient (Wildman–Crippen LogP) is 3.58. The minimum absolute atomic E-state index is 0.0229. The minimum Gasteiger partial charge on any atom is -0.497 e. The van der Waals surface area contributed by atoms with Gasteiger partial charge in [0.15, 0.2) is 5.78 Å². The van der Waals surface area contributed by atoms with Gasteiger partial charge in [-0.2, -0.15) is 0 Å². The summed E-state index contributed by atoms with van der Waals surface area (Å²) in [6.07, 6.45) is 1.09. The largest absolute Gasteiger partial charge is 0.497 e. The van der Waals surface area contributed by atoms with Crippen molar-refractivity contribution in [3.63, 3.8) is 0 Å². The average Bonchev–Trinajstić information content (AvgIpc) is 2.60. The second kappa shape index (κ2) is 6.81. The van der Waals surface area contributed by atoms with Gasteiger partial charge in [-0.05, 0) is 43.5 Å². The Labute approximate surface area is 148 Å². The highest BCUT2D eigenvalue weighted by molar-refractivity contribution is 6.17. The summed E-state index contributed by atoms with van der Waals surface area (Å²) in [4.78, 5) is 17.5. The van der Waals surface area contributed by atoms with Crippen molar-refractivity contribution in [3.05, 3.63) is 64.7 Å². The van der Waals surface area contributed by atoms with Crippen molar-refractivity contribution in [2.45, 2.75) is 38.8 Å². The molecule has 1 heterocycles. The number of carbonyl (C=O) groups excluding carboxylic acids is 1. The molecule has 0 radical (unpaired) electrons. The lowest BCUT2D eigenvalue weighted by Crippen LogP contribution is -2.30. The lowest BCUT2D eigenvalue weighted by molar-refractivity contribution is 0.100. The number of carbonyl (C=O) groups is 1. The molecule has 2 aromatic rings. The Bertz CT molecular complexity index is 820. The van der Waals surface area contributed by atoms with Crippen LogP contribution in [0.25, 0.3) is 0 Å². The lowest BCUT2D eigenvalue weighted by Gasteiger charge is -2.29. The van der Waals surface area contributed by atoms with Crippen LogP contribution in [0.15, 0.2) is 47.5 Å².